The summed E-state index contributed by atoms with van der Waals surface area (Å²) in [6, 6.07) is 0. The van der Waals surface area contributed by atoms with E-state index in [0.29, 0.717) is 13.2 Å². The molecule has 0 radical (unpaired) electrons. The lowest BCUT2D eigenvalue weighted by Gasteiger charge is -2.20. The molecule has 2 unspecified atom stereocenters. The molecule has 0 bridgehead atoms. The number of nitrogens with zero attached hydrogens (tertiary/aromatic N) is 2. The van der Waals surface area contributed by atoms with Crippen molar-refractivity contribution in [2.24, 2.45) is 22.7 Å². The van der Waals surface area contributed by atoms with E-state index in [1.54, 1.807) is 7.11 Å². The smallest absolute Gasteiger partial charge is 0.208 e. The van der Waals surface area contributed by atoms with Crippen LogP contribution in [0, 0.1) is 11.8 Å². The van der Waals surface area contributed by atoms with Crippen LogP contribution in [-0.4, -0.2) is 44.2 Å². The van der Waals surface area contributed by atoms with Gasteiger partial charge in [0.1, 0.15) is 0 Å². The summed E-state index contributed by atoms with van der Waals surface area (Å²) in [7, 11) is 1.69. The number of nitrogens with two attached hydrogens (primary N) is 1. The Balaban J connectivity index is 1.88. The molecule has 0 spiro atoms. The quantitative estimate of drug-likeness (QED) is 0.237. The molecule has 0 aromatic rings. The van der Waals surface area contributed by atoms with Gasteiger partial charge in [0.2, 0.25) is 5.96 Å². The first-order chi connectivity index (χ1) is 7.85. The van der Waals surface area contributed by atoms with Gasteiger partial charge >= 0.3 is 0 Å². The molecule has 5 nitrogen and oxygen atoms in total. The lowest BCUT2D eigenvalue weighted by atomic mass is 10.0. The Kier molecular flexibility index (Phi) is 4.01. The Morgan fingerprint density at radius 2 is 2.12 bits per heavy atom. The number of hydrogen-bond acceptors (Lipinski definition) is 3. The van der Waals surface area contributed by atoms with Gasteiger partial charge in [-0.2, -0.15) is 0 Å². The molecule has 1 saturated carbocycles. The van der Waals surface area contributed by atoms with E-state index in [9.17, 15) is 0 Å². The molecular formula is C11H22N4O. The van der Waals surface area contributed by atoms with E-state index in [4.69, 9.17) is 10.6 Å². The van der Waals surface area contributed by atoms with Gasteiger partial charge in [0, 0.05) is 20.2 Å². The molecule has 1 saturated heterocycles. The number of likely N-dealkylation sites (tertiary alicyclic amines) is 1. The third-order valence-electron chi connectivity index (χ3n) is 3.71. The van der Waals surface area contributed by atoms with Crippen molar-refractivity contribution in [3.05, 3.63) is 0 Å². The monoisotopic (exact) mass is 226 g/mol. The van der Waals surface area contributed by atoms with Crippen molar-refractivity contribution in [2.45, 2.75) is 19.3 Å². The summed E-state index contributed by atoms with van der Waals surface area (Å²) in [4.78, 5) is 6.70. The molecule has 2 fully saturated rings. The number of hydrogen-bond donors (Lipinski definition) is 2. The number of nitrogens with one attached hydrogen (secondary N) is 1. The van der Waals surface area contributed by atoms with E-state index >= 15 is 0 Å². The fourth-order valence-electron chi connectivity index (χ4n) is 2.89. The van der Waals surface area contributed by atoms with Crippen molar-refractivity contribution >= 4 is 5.96 Å². The van der Waals surface area contributed by atoms with Crippen LogP contribution in [-0.2, 0) is 4.74 Å². The minimum absolute atomic E-state index is 0.645. The molecule has 92 valence electrons. The molecule has 1 heterocycles. The maximum absolute atomic E-state index is 5.52. The minimum Gasteiger partial charge on any atom is -0.383 e. The molecule has 2 aliphatic rings. The number of ether oxygens (including phenoxy) is 1. The Labute approximate surface area is 97.0 Å². The Morgan fingerprint density at radius 3 is 2.69 bits per heavy atom. The number of aliphatic imine (C=N–C) groups is 1. The summed E-state index contributed by atoms with van der Waals surface area (Å²) in [5.41, 5.74) is 2.71. The summed E-state index contributed by atoms with van der Waals surface area (Å²) in [5, 5.41) is 0. The zero-order chi connectivity index (χ0) is 11.4. The van der Waals surface area contributed by atoms with Gasteiger partial charge in [0.25, 0.3) is 0 Å². The van der Waals surface area contributed by atoms with E-state index in [0.717, 1.165) is 30.9 Å². The highest BCUT2D eigenvalue weighted by Crippen LogP contribution is 2.37. The molecular weight excluding hydrogens is 204 g/mol. The van der Waals surface area contributed by atoms with Gasteiger partial charge in [-0.1, -0.05) is 6.42 Å². The average molecular weight is 226 g/mol. The minimum atomic E-state index is 0.645. The second-order valence-corrected chi connectivity index (χ2v) is 4.70. The van der Waals surface area contributed by atoms with Crippen LogP contribution in [0.25, 0.3) is 0 Å². The van der Waals surface area contributed by atoms with Crippen molar-refractivity contribution in [1.29, 1.82) is 0 Å². The van der Waals surface area contributed by atoms with Crippen molar-refractivity contribution in [3.63, 3.8) is 0 Å². The standard InChI is InChI=1S/C11H22N4O/c1-16-6-5-13-11(14-12)15-7-9-3-2-4-10(9)8-15/h9-10H,2-8,12H2,1H3,(H,13,14). The predicted octanol–water partition coefficient (Wildman–Crippen LogP) is 0.184. The number of fused-ring (bicyclic) bond motifs is 1. The second kappa shape index (κ2) is 5.50. The summed E-state index contributed by atoms with van der Waals surface area (Å²) in [6.45, 7) is 3.54. The van der Waals surface area contributed by atoms with Gasteiger partial charge in [-0.25, -0.2) is 10.8 Å². The van der Waals surface area contributed by atoms with Crippen molar-refractivity contribution in [3.8, 4) is 0 Å². The number of guanidine groups is 1. The Morgan fingerprint density at radius 1 is 1.44 bits per heavy atom. The van der Waals surface area contributed by atoms with Gasteiger partial charge in [0.15, 0.2) is 0 Å². The molecule has 1 aliphatic heterocycles. The Bertz CT molecular complexity index is 244. The molecule has 1 aliphatic carbocycles. The highest BCUT2D eigenvalue weighted by Gasteiger charge is 2.37. The number of rotatable bonds is 3. The molecule has 0 aromatic heterocycles. The number of hydrazine groups is 1. The van der Waals surface area contributed by atoms with Crippen molar-refractivity contribution in [1.82, 2.24) is 10.3 Å². The lowest BCUT2D eigenvalue weighted by molar-refractivity contribution is 0.207. The van der Waals surface area contributed by atoms with Gasteiger partial charge in [-0.05, 0) is 24.7 Å². The predicted molar refractivity (Wildman–Crippen MR) is 63.9 cm³/mol. The van der Waals surface area contributed by atoms with E-state index in [-0.39, 0.29) is 0 Å². The highest BCUT2D eigenvalue weighted by atomic mass is 16.5. The summed E-state index contributed by atoms with van der Waals surface area (Å²) in [6.07, 6.45) is 4.14. The van der Waals surface area contributed by atoms with Crippen LogP contribution in [0.5, 0.6) is 0 Å². The first kappa shape index (κ1) is 11.7. The fourth-order valence-corrected chi connectivity index (χ4v) is 2.89. The normalized spacial score (nSPS) is 29.6. The third-order valence-corrected chi connectivity index (χ3v) is 3.71. The molecule has 0 amide bonds. The molecule has 16 heavy (non-hydrogen) atoms. The van der Waals surface area contributed by atoms with Crippen LogP contribution >= 0.6 is 0 Å². The van der Waals surface area contributed by atoms with E-state index in [1.165, 1.54) is 19.3 Å². The zero-order valence-corrected chi connectivity index (χ0v) is 9.98. The van der Waals surface area contributed by atoms with Gasteiger partial charge < -0.3 is 9.64 Å². The van der Waals surface area contributed by atoms with Crippen molar-refractivity contribution < 1.29 is 4.74 Å². The summed E-state index contributed by atoms with van der Waals surface area (Å²) in [5.74, 6) is 8.07. The highest BCUT2D eigenvalue weighted by molar-refractivity contribution is 5.79. The number of methoxy groups -OCH3 is 1. The fraction of sp³-hybridized carbons (Fsp3) is 0.909. The van der Waals surface area contributed by atoms with Gasteiger partial charge in [-0.3, -0.25) is 5.43 Å². The third kappa shape index (κ3) is 2.47. The maximum Gasteiger partial charge on any atom is 0.208 e. The largest absolute Gasteiger partial charge is 0.383 e. The molecule has 2 rings (SSSR count). The van der Waals surface area contributed by atoms with Crippen LogP contribution in [0.3, 0.4) is 0 Å². The lowest BCUT2D eigenvalue weighted by Crippen LogP contribution is -2.44. The van der Waals surface area contributed by atoms with E-state index in [2.05, 4.69) is 15.3 Å². The summed E-state index contributed by atoms with van der Waals surface area (Å²) < 4.78 is 4.98. The zero-order valence-electron chi connectivity index (χ0n) is 9.98. The first-order valence-electron chi connectivity index (χ1n) is 6.10. The molecule has 2 atom stereocenters. The summed E-state index contributed by atoms with van der Waals surface area (Å²) >= 11 is 0. The van der Waals surface area contributed by atoms with Gasteiger partial charge in [-0.15, -0.1) is 0 Å². The molecule has 3 N–H and O–H groups in total. The van der Waals surface area contributed by atoms with Crippen LogP contribution < -0.4 is 11.3 Å². The topological polar surface area (TPSA) is 62.9 Å². The molecule has 0 aromatic carbocycles. The Hall–Kier alpha value is -0.810. The SMILES string of the molecule is COCCN=C(NN)N1CC2CCCC2C1. The maximum atomic E-state index is 5.52. The molecule has 5 heteroatoms. The average Bonchev–Trinajstić information content (AvgIpc) is 2.84. The van der Waals surface area contributed by atoms with Crippen LogP contribution in [0.2, 0.25) is 0 Å². The van der Waals surface area contributed by atoms with Crippen molar-refractivity contribution in [2.75, 3.05) is 33.4 Å². The second-order valence-electron chi connectivity index (χ2n) is 4.70. The van der Waals surface area contributed by atoms with Gasteiger partial charge in [0.05, 0.1) is 13.2 Å². The van der Waals surface area contributed by atoms with Crippen LogP contribution in [0.4, 0.5) is 0 Å². The van der Waals surface area contributed by atoms with Crippen LogP contribution in [0.1, 0.15) is 19.3 Å². The first-order valence-corrected chi connectivity index (χ1v) is 6.10. The van der Waals surface area contributed by atoms with Crippen LogP contribution in [0.15, 0.2) is 4.99 Å². The van der Waals surface area contributed by atoms with E-state index < -0.39 is 0 Å². The van der Waals surface area contributed by atoms with E-state index in [1.807, 2.05) is 0 Å².